The number of nitrogens with zero attached hydrogens (tertiary/aromatic N) is 1. The molecule has 0 spiro atoms. The Morgan fingerprint density at radius 1 is 1.19 bits per heavy atom. The van der Waals surface area contributed by atoms with E-state index in [2.05, 4.69) is 4.98 Å². The van der Waals surface area contributed by atoms with Crippen molar-refractivity contribution in [3.63, 3.8) is 0 Å². The second-order valence-corrected chi connectivity index (χ2v) is 8.88. The third kappa shape index (κ3) is 3.09. The summed E-state index contributed by atoms with van der Waals surface area (Å²) in [5.74, 6) is -3.02. The van der Waals surface area contributed by atoms with Crippen LogP contribution in [0.1, 0.15) is 22.8 Å². The summed E-state index contributed by atoms with van der Waals surface area (Å²) in [7, 11) is 0. The molecule has 3 atom stereocenters. The van der Waals surface area contributed by atoms with Gasteiger partial charge in [0.25, 0.3) is 0 Å². The number of aromatic nitrogens is 1. The average Bonchev–Trinajstić information content (AvgIpc) is 3.10. The van der Waals surface area contributed by atoms with Crippen LogP contribution in [0.3, 0.4) is 0 Å². The number of thioether (sulfide) groups is 1. The smallest absolute Gasteiger partial charge is 0.305 e. The first-order valence-corrected chi connectivity index (χ1v) is 10.2. The first-order chi connectivity index (χ1) is 12.9. The van der Waals surface area contributed by atoms with E-state index in [0.29, 0.717) is 10.0 Å². The van der Waals surface area contributed by atoms with Gasteiger partial charge in [-0.25, -0.2) is 0 Å². The number of carbonyl (C=O) groups is 3. The van der Waals surface area contributed by atoms with Crippen molar-refractivity contribution in [3.05, 3.63) is 49.4 Å². The summed E-state index contributed by atoms with van der Waals surface area (Å²) >= 11 is 8.17. The first kappa shape index (κ1) is 18.3. The Balaban J connectivity index is 1.79. The molecule has 0 unspecified atom stereocenters. The van der Waals surface area contributed by atoms with E-state index in [-0.39, 0.29) is 17.8 Å². The van der Waals surface area contributed by atoms with Crippen LogP contribution in [-0.2, 0) is 14.4 Å². The van der Waals surface area contributed by atoms with E-state index in [1.54, 1.807) is 24.3 Å². The molecule has 0 saturated carbocycles. The normalized spacial score (nSPS) is 24.0. The van der Waals surface area contributed by atoms with Crippen LogP contribution >= 0.6 is 34.7 Å². The van der Waals surface area contributed by atoms with Gasteiger partial charge < -0.3 is 10.1 Å². The molecule has 4 rings (SSSR count). The molecule has 0 bridgehead atoms. The lowest BCUT2D eigenvalue weighted by atomic mass is 9.83. The lowest BCUT2D eigenvalue weighted by Crippen LogP contribution is -2.33. The number of nitrogens with one attached hydrogen (secondary N) is 1. The minimum Gasteiger partial charge on any atom is -0.481 e. The van der Waals surface area contributed by atoms with Crippen molar-refractivity contribution in [1.29, 1.82) is 0 Å². The molecule has 2 N–H and O–H groups in total. The highest BCUT2D eigenvalue weighted by atomic mass is 35.5. The molecule has 10 heteroatoms. The Hall–Kier alpha value is -2.10. The summed E-state index contributed by atoms with van der Waals surface area (Å²) < 4.78 is 0. The number of H-pyrrole nitrogens is 1. The number of aromatic amines is 1. The number of aliphatic carboxylic acids is 1. The highest BCUT2D eigenvalue weighted by Crippen LogP contribution is 2.52. The number of hydrogen-bond donors (Lipinski definition) is 2. The Morgan fingerprint density at radius 3 is 2.56 bits per heavy atom. The van der Waals surface area contributed by atoms with Gasteiger partial charge in [-0.3, -0.25) is 24.1 Å². The van der Waals surface area contributed by atoms with E-state index in [1.165, 1.54) is 11.8 Å². The first-order valence-electron chi connectivity index (χ1n) is 8.09. The van der Waals surface area contributed by atoms with Crippen molar-refractivity contribution in [3.8, 4) is 0 Å². The number of halogens is 1. The molecule has 0 radical (unpaired) electrons. The summed E-state index contributed by atoms with van der Waals surface area (Å²) in [6, 6.07) is 6.97. The number of amides is 2. The Bertz CT molecular complexity index is 999. The molecule has 140 valence electrons. The van der Waals surface area contributed by atoms with Gasteiger partial charge in [-0.1, -0.05) is 46.8 Å². The molecular formula is C17H13ClN2O5S2. The fourth-order valence-electron chi connectivity index (χ4n) is 3.53. The fraction of sp³-hybridized carbons (Fsp3) is 0.294. The molecule has 2 aliphatic heterocycles. The van der Waals surface area contributed by atoms with Gasteiger partial charge >= 0.3 is 10.8 Å². The van der Waals surface area contributed by atoms with E-state index >= 15 is 0 Å². The highest BCUT2D eigenvalue weighted by Gasteiger charge is 2.55. The summed E-state index contributed by atoms with van der Waals surface area (Å²) in [6.07, 6.45) is -0.300. The second-order valence-electron chi connectivity index (χ2n) is 6.27. The van der Waals surface area contributed by atoms with Crippen molar-refractivity contribution < 1.29 is 19.5 Å². The van der Waals surface area contributed by atoms with Crippen molar-refractivity contribution in [2.24, 2.45) is 5.92 Å². The predicted molar refractivity (Wildman–Crippen MR) is 100 cm³/mol. The van der Waals surface area contributed by atoms with Crippen LogP contribution in [0.2, 0.25) is 5.02 Å². The van der Waals surface area contributed by atoms with Gasteiger partial charge in [0.2, 0.25) is 11.8 Å². The number of imide groups is 1. The molecule has 1 aromatic heterocycles. The number of carbonyl (C=O) groups excluding carboxylic acids is 2. The SMILES string of the molecule is O=C(O)CCN1C(=O)[C@@H]2[C@@H](c3ccc(Cl)cc3)c3sc(=O)[nH]c3S[C@H]2C1=O. The molecule has 1 fully saturated rings. The topological polar surface area (TPSA) is 108 Å². The molecular weight excluding hydrogens is 412 g/mol. The number of carboxylic acid groups (broad SMARTS) is 1. The van der Waals surface area contributed by atoms with E-state index in [9.17, 15) is 19.2 Å². The molecule has 0 aliphatic carbocycles. The number of carboxylic acids is 1. The zero-order chi connectivity index (χ0) is 19.3. The molecule has 7 nitrogen and oxygen atoms in total. The molecule has 27 heavy (non-hydrogen) atoms. The maximum absolute atomic E-state index is 13.0. The number of likely N-dealkylation sites (tertiary alicyclic amines) is 1. The summed E-state index contributed by atoms with van der Waals surface area (Å²) in [4.78, 5) is 52.8. The minimum absolute atomic E-state index is 0.155. The molecule has 1 aromatic carbocycles. The van der Waals surface area contributed by atoms with Crippen LogP contribution in [0.15, 0.2) is 34.1 Å². The number of rotatable bonds is 4. The predicted octanol–water partition coefficient (Wildman–Crippen LogP) is 2.16. The number of fused-ring (bicyclic) bond motifs is 2. The number of benzene rings is 1. The monoisotopic (exact) mass is 424 g/mol. The largest absolute Gasteiger partial charge is 0.481 e. The van der Waals surface area contributed by atoms with E-state index in [1.807, 2.05) is 0 Å². The van der Waals surface area contributed by atoms with Gasteiger partial charge in [0.05, 0.1) is 17.4 Å². The van der Waals surface area contributed by atoms with Crippen molar-refractivity contribution >= 4 is 52.5 Å². The van der Waals surface area contributed by atoms with E-state index in [4.69, 9.17) is 16.7 Å². The van der Waals surface area contributed by atoms with Crippen LogP contribution in [0, 0.1) is 5.92 Å². The van der Waals surface area contributed by atoms with Gasteiger partial charge in [-0.15, -0.1) is 0 Å². The third-order valence-corrected chi connectivity index (χ3v) is 7.35. The molecule has 3 heterocycles. The summed E-state index contributed by atoms with van der Waals surface area (Å²) in [5, 5.41) is 9.34. The quantitative estimate of drug-likeness (QED) is 0.728. The number of thiazole rings is 1. The molecule has 2 amide bonds. The van der Waals surface area contributed by atoms with E-state index < -0.39 is 34.9 Å². The number of hydrogen-bond acceptors (Lipinski definition) is 6. The third-order valence-electron chi connectivity index (χ3n) is 4.69. The minimum atomic E-state index is -1.07. The van der Waals surface area contributed by atoms with E-state index in [0.717, 1.165) is 26.7 Å². The summed E-state index contributed by atoms with van der Waals surface area (Å²) in [6.45, 7) is -0.155. The van der Waals surface area contributed by atoms with Crippen molar-refractivity contribution in [1.82, 2.24) is 9.88 Å². The van der Waals surface area contributed by atoms with Crippen LogP contribution in [0.25, 0.3) is 0 Å². The maximum atomic E-state index is 13.0. The standard InChI is InChI=1S/C17H13ClN2O5S2/c18-8-3-1-7(2-4-8)10-11-13(26-14-12(10)27-17(25)19-14)16(24)20(15(11)23)6-5-9(21)22/h1-4,10-11,13H,5-6H2,(H,19,25)(H,21,22)/t10-,11-,13-/m1/s1. The van der Waals surface area contributed by atoms with Gasteiger partial charge in [-0.2, -0.15) is 0 Å². The molecule has 1 saturated heterocycles. The Kier molecular flexibility index (Phi) is 4.61. The lowest BCUT2D eigenvalue weighted by Gasteiger charge is -2.29. The van der Waals surface area contributed by atoms with Crippen LogP contribution in [-0.4, -0.2) is 44.6 Å². The average molecular weight is 425 g/mol. The Labute approximate surface area is 166 Å². The fourth-order valence-corrected chi connectivity index (χ4v) is 6.19. The van der Waals surface area contributed by atoms with Gasteiger partial charge in [-0.05, 0) is 17.7 Å². The second kappa shape index (κ2) is 6.81. The van der Waals surface area contributed by atoms with Crippen LogP contribution < -0.4 is 4.87 Å². The van der Waals surface area contributed by atoms with Crippen LogP contribution in [0.4, 0.5) is 0 Å². The molecule has 2 aromatic rings. The van der Waals surface area contributed by atoms with Gasteiger partial charge in [0.15, 0.2) is 0 Å². The zero-order valence-electron chi connectivity index (χ0n) is 13.7. The lowest BCUT2D eigenvalue weighted by molar-refractivity contribution is -0.141. The highest BCUT2D eigenvalue weighted by molar-refractivity contribution is 8.00. The van der Waals surface area contributed by atoms with Crippen molar-refractivity contribution in [2.75, 3.05) is 6.54 Å². The van der Waals surface area contributed by atoms with Crippen molar-refractivity contribution in [2.45, 2.75) is 22.6 Å². The summed E-state index contributed by atoms with van der Waals surface area (Å²) in [5.41, 5.74) is 0.785. The van der Waals surface area contributed by atoms with Gasteiger partial charge in [0, 0.05) is 22.4 Å². The van der Waals surface area contributed by atoms with Gasteiger partial charge in [0.1, 0.15) is 5.25 Å². The maximum Gasteiger partial charge on any atom is 0.305 e. The zero-order valence-corrected chi connectivity index (χ0v) is 16.1. The van der Waals surface area contributed by atoms with Crippen LogP contribution in [0.5, 0.6) is 0 Å². The molecule has 2 aliphatic rings. The Morgan fingerprint density at radius 2 is 1.89 bits per heavy atom.